The fourth-order valence-electron chi connectivity index (χ4n) is 3.96. The Morgan fingerprint density at radius 2 is 1.76 bits per heavy atom. The van der Waals surface area contributed by atoms with Gasteiger partial charge < -0.3 is 20.4 Å². The van der Waals surface area contributed by atoms with Crippen LogP contribution < -0.4 is 10.6 Å². The minimum atomic E-state index is 0. The van der Waals surface area contributed by atoms with Crippen LogP contribution in [0.15, 0.2) is 4.99 Å². The average Bonchev–Trinajstić information content (AvgIpc) is 2.91. The van der Waals surface area contributed by atoms with Crippen molar-refractivity contribution < 1.29 is 0 Å². The molecule has 0 saturated carbocycles. The highest BCUT2D eigenvalue weighted by Gasteiger charge is 2.18. The summed E-state index contributed by atoms with van der Waals surface area (Å²) in [6.45, 7) is 19.0. The summed E-state index contributed by atoms with van der Waals surface area (Å²) < 4.78 is 1.96. The molecule has 0 amide bonds. The molecule has 0 bridgehead atoms. The van der Waals surface area contributed by atoms with E-state index in [1.54, 1.807) is 0 Å². The van der Waals surface area contributed by atoms with Crippen molar-refractivity contribution >= 4 is 29.9 Å². The van der Waals surface area contributed by atoms with Crippen LogP contribution in [0.4, 0.5) is 0 Å². The van der Waals surface area contributed by atoms with Crippen LogP contribution in [0.5, 0.6) is 0 Å². The van der Waals surface area contributed by atoms with Crippen LogP contribution in [-0.4, -0.2) is 84.4 Å². The lowest BCUT2D eigenvalue weighted by Crippen LogP contribution is -2.49. The van der Waals surface area contributed by atoms with Gasteiger partial charge in [-0.2, -0.15) is 5.10 Å². The molecule has 1 aliphatic heterocycles. The van der Waals surface area contributed by atoms with Crippen LogP contribution in [-0.2, 0) is 13.5 Å². The second-order valence-corrected chi connectivity index (χ2v) is 8.32. The van der Waals surface area contributed by atoms with E-state index in [0.717, 1.165) is 31.2 Å². The molecule has 1 aromatic rings. The first-order chi connectivity index (χ1) is 13.3. The van der Waals surface area contributed by atoms with Crippen LogP contribution in [0.3, 0.4) is 0 Å². The number of hydrogen-bond acceptors (Lipinski definition) is 4. The molecular weight excluding hydrogens is 477 g/mol. The van der Waals surface area contributed by atoms with Gasteiger partial charge in [0.05, 0.1) is 5.69 Å². The number of aliphatic imine (C=N–C) groups is 1. The van der Waals surface area contributed by atoms with Crippen LogP contribution >= 0.6 is 24.0 Å². The summed E-state index contributed by atoms with van der Waals surface area (Å²) in [5.74, 6) is 1.47. The Kier molecular flexibility index (Phi) is 11.5. The van der Waals surface area contributed by atoms with E-state index in [-0.39, 0.29) is 24.0 Å². The predicted molar refractivity (Wildman–Crippen MR) is 133 cm³/mol. The SMILES string of the molecule is CCN1CCN(CC(C)CNC(=NC)NC(C)Cc2c(C)nn(C)c2C)CC1.I. The quantitative estimate of drug-likeness (QED) is 0.313. The monoisotopic (exact) mass is 519 g/mol. The van der Waals surface area contributed by atoms with Crippen molar-refractivity contribution in [2.75, 3.05) is 52.9 Å². The molecule has 1 aliphatic rings. The lowest BCUT2D eigenvalue weighted by Gasteiger charge is -2.35. The third kappa shape index (κ3) is 8.05. The van der Waals surface area contributed by atoms with Gasteiger partial charge in [-0.05, 0) is 45.2 Å². The van der Waals surface area contributed by atoms with E-state index in [9.17, 15) is 0 Å². The minimum Gasteiger partial charge on any atom is -0.356 e. The number of nitrogens with one attached hydrogen (secondary N) is 2. The Labute approximate surface area is 194 Å². The maximum absolute atomic E-state index is 4.52. The molecule has 0 spiro atoms. The first kappa shape index (κ1) is 26.2. The predicted octanol–water partition coefficient (Wildman–Crippen LogP) is 2.02. The van der Waals surface area contributed by atoms with E-state index in [1.807, 2.05) is 18.8 Å². The van der Waals surface area contributed by atoms with E-state index < -0.39 is 0 Å². The number of aromatic nitrogens is 2. The number of halogens is 1. The summed E-state index contributed by atoms with van der Waals surface area (Å²) in [6.07, 6.45) is 0.948. The molecular formula is C21H42IN7. The van der Waals surface area contributed by atoms with Gasteiger partial charge in [-0.25, -0.2) is 0 Å². The zero-order chi connectivity index (χ0) is 20.7. The summed E-state index contributed by atoms with van der Waals surface area (Å²) in [6, 6.07) is 0.297. The van der Waals surface area contributed by atoms with Crippen LogP contribution in [0.1, 0.15) is 37.7 Å². The van der Waals surface area contributed by atoms with Crippen molar-refractivity contribution in [3.8, 4) is 0 Å². The topological polar surface area (TPSA) is 60.7 Å². The zero-order valence-corrected chi connectivity index (χ0v) is 21.8. The minimum absolute atomic E-state index is 0. The highest BCUT2D eigenvalue weighted by atomic mass is 127. The van der Waals surface area contributed by atoms with Gasteiger partial charge in [-0.15, -0.1) is 24.0 Å². The normalized spacial score (nSPS) is 18.2. The maximum atomic E-state index is 4.52. The third-order valence-electron chi connectivity index (χ3n) is 5.88. The van der Waals surface area contributed by atoms with Gasteiger partial charge in [0.15, 0.2) is 5.96 Å². The highest BCUT2D eigenvalue weighted by Crippen LogP contribution is 2.14. The standard InChI is InChI=1S/C21H41N7.HI/c1-8-27-9-11-28(12-10-27)15-16(2)14-23-21(22-6)24-17(3)13-20-18(4)25-26(7)19(20)5;/h16-17H,8-15H2,1-7H3,(H2,22,23,24);1H. The van der Waals surface area contributed by atoms with Crippen molar-refractivity contribution in [2.45, 2.75) is 47.1 Å². The van der Waals surface area contributed by atoms with Crippen molar-refractivity contribution in [3.05, 3.63) is 17.0 Å². The Balaban J connectivity index is 0.00000420. The Bertz CT molecular complexity index is 635. The molecule has 2 atom stereocenters. The van der Waals surface area contributed by atoms with Crippen molar-refractivity contribution in [2.24, 2.45) is 18.0 Å². The van der Waals surface area contributed by atoms with E-state index in [1.165, 1.54) is 44.0 Å². The number of nitrogens with zero attached hydrogens (tertiary/aromatic N) is 5. The first-order valence-electron chi connectivity index (χ1n) is 10.7. The fraction of sp³-hybridized carbons (Fsp3) is 0.810. The van der Waals surface area contributed by atoms with Crippen LogP contribution in [0, 0.1) is 19.8 Å². The van der Waals surface area contributed by atoms with Crippen molar-refractivity contribution in [3.63, 3.8) is 0 Å². The second kappa shape index (κ2) is 12.7. The van der Waals surface area contributed by atoms with Gasteiger partial charge in [0, 0.05) is 65.1 Å². The maximum Gasteiger partial charge on any atom is 0.191 e. The lowest BCUT2D eigenvalue weighted by molar-refractivity contribution is 0.124. The molecule has 29 heavy (non-hydrogen) atoms. The number of rotatable bonds is 8. The molecule has 0 aliphatic carbocycles. The Hall–Kier alpha value is -0.870. The van der Waals surface area contributed by atoms with E-state index in [2.05, 4.69) is 65.1 Å². The second-order valence-electron chi connectivity index (χ2n) is 8.32. The number of aryl methyl sites for hydroxylation is 2. The summed E-state index contributed by atoms with van der Waals surface area (Å²) in [7, 11) is 3.85. The van der Waals surface area contributed by atoms with E-state index in [0.29, 0.717) is 12.0 Å². The van der Waals surface area contributed by atoms with Gasteiger partial charge >= 0.3 is 0 Å². The summed E-state index contributed by atoms with van der Waals surface area (Å²) in [5.41, 5.74) is 3.69. The molecule has 1 aromatic heterocycles. The molecule has 0 radical (unpaired) electrons. The summed E-state index contributed by atoms with van der Waals surface area (Å²) in [4.78, 5) is 9.53. The van der Waals surface area contributed by atoms with Gasteiger partial charge in [-0.3, -0.25) is 9.67 Å². The molecule has 1 saturated heterocycles. The summed E-state index contributed by atoms with van der Waals surface area (Å²) >= 11 is 0. The van der Waals surface area contributed by atoms with Crippen LogP contribution in [0.2, 0.25) is 0 Å². The lowest BCUT2D eigenvalue weighted by atomic mass is 10.1. The molecule has 1 fully saturated rings. The van der Waals surface area contributed by atoms with E-state index in [4.69, 9.17) is 0 Å². The molecule has 2 N–H and O–H groups in total. The molecule has 7 nitrogen and oxygen atoms in total. The summed E-state index contributed by atoms with van der Waals surface area (Å²) in [5, 5.41) is 11.6. The zero-order valence-electron chi connectivity index (χ0n) is 19.5. The number of guanidine groups is 1. The smallest absolute Gasteiger partial charge is 0.191 e. The largest absolute Gasteiger partial charge is 0.356 e. The third-order valence-corrected chi connectivity index (χ3v) is 5.88. The van der Waals surface area contributed by atoms with Crippen LogP contribution in [0.25, 0.3) is 0 Å². The molecule has 168 valence electrons. The van der Waals surface area contributed by atoms with Crippen molar-refractivity contribution in [1.29, 1.82) is 0 Å². The van der Waals surface area contributed by atoms with Crippen molar-refractivity contribution in [1.82, 2.24) is 30.2 Å². The molecule has 2 rings (SSSR count). The Morgan fingerprint density at radius 1 is 1.14 bits per heavy atom. The first-order valence-corrected chi connectivity index (χ1v) is 10.7. The number of likely N-dealkylation sites (N-methyl/N-ethyl adjacent to an activating group) is 1. The molecule has 8 heteroatoms. The van der Waals surface area contributed by atoms with Gasteiger partial charge in [0.1, 0.15) is 0 Å². The number of piperazine rings is 1. The van der Waals surface area contributed by atoms with E-state index >= 15 is 0 Å². The molecule has 2 unspecified atom stereocenters. The fourth-order valence-corrected chi connectivity index (χ4v) is 3.96. The Morgan fingerprint density at radius 3 is 2.28 bits per heavy atom. The highest BCUT2D eigenvalue weighted by molar-refractivity contribution is 14.0. The molecule has 2 heterocycles. The molecule has 0 aromatic carbocycles. The number of hydrogen-bond donors (Lipinski definition) is 2. The van der Waals surface area contributed by atoms with Gasteiger partial charge in [0.2, 0.25) is 0 Å². The average molecular weight is 520 g/mol. The van der Waals surface area contributed by atoms with Gasteiger partial charge in [-0.1, -0.05) is 13.8 Å². The van der Waals surface area contributed by atoms with Gasteiger partial charge in [0.25, 0.3) is 0 Å².